The van der Waals surface area contributed by atoms with Crippen molar-refractivity contribution in [3.05, 3.63) is 28.5 Å². The highest BCUT2D eigenvalue weighted by Crippen LogP contribution is 2.10. The van der Waals surface area contributed by atoms with Crippen LogP contribution in [0.1, 0.15) is 32.0 Å². The molecule has 0 aliphatic rings. The van der Waals surface area contributed by atoms with Crippen LogP contribution in [0.3, 0.4) is 0 Å². The first-order valence-electron chi connectivity index (χ1n) is 5.36. The lowest BCUT2D eigenvalue weighted by Gasteiger charge is -2.19. The van der Waals surface area contributed by atoms with E-state index in [1.165, 1.54) is 0 Å². The number of aryl methyl sites for hydroxylation is 1. The molecule has 0 aromatic carbocycles. The molecular formula is C12H17ClN2O2. The molecule has 0 saturated carbocycles. The Morgan fingerprint density at radius 1 is 1.47 bits per heavy atom. The maximum absolute atomic E-state index is 11.4. The summed E-state index contributed by atoms with van der Waals surface area (Å²) in [6, 6.07) is 3.63. The number of aromatic nitrogens is 1. The maximum Gasteiger partial charge on any atom is 0.407 e. The predicted octanol–water partition coefficient (Wildman–Crippen LogP) is 3.07. The minimum atomic E-state index is -0.498. The predicted molar refractivity (Wildman–Crippen MR) is 67.1 cm³/mol. The van der Waals surface area contributed by atoms with Crippen molar-refractivity contribution in [1.82, 2.24) is 10.3 Å². The van der Waals surface area contributed by atoms with Gasteiger partial charge >= 0.3 is 6.09 Å². The zero-order valence-electron chi connectivity index (χ0n) is 10.5. The second-order valence-electron chi connectivity index (χ2n) is 4.81. The molecule has 0 aliphatic heterocycles. The number of alkyl carbamates (subject to hydrolysis) is 1. The van der Waals surface area contributed by atoms with E-state index >= 15 is 0 Å². The Morgan fingerprint density at radius 3 is 2.65 bits per heavy atom. The maximum atomic E-state index is 11.4. The number of carbonyl (C=O) groups is 1. The monoisotopic (exact) mass is 256 g/mol. The molecule has 1 aromatic heterocycles. The van der Waals surface area contributed by atoms with Crippen molar-refractivity contribution >= 4 is 17.7 Å². The van der Waals surface area contributed by atoms with Gasteiger partial charge in [0, 0.05) is 0 Å². The van der Waals surface area contributed by atoms with E-state index in [4.69, 9.17) is 16.3 Å². The Kier molecular flexibility index (Phi) is 4.34. The number of nitrogens with zero attached hydrogens (tertiary/aromatic N) is 1. The summed E-state index contributed by atoms with van der Waals surface area (Å²) in [5.41, 5.74) is 1.22. The summed E-state index contributed by atoms with van der Waals surface area (Å²) in [5.74, 6) is 0. The zero-order chi connectivity index (χ0) is 13.1. The SMILES string of the molecule is Cc1cc(Cl)nc(CNC(=O)OC(C)(C)C)c1. The third kappa shape index (κ3) is 5.54. The summed E-state index contributed by atoms with van der Waals surface area (Å²) in [4.78, 5) is 15.5. The van der Waals surface area contributed by atoms with Crippen LogP contribution in [0, 0.1) is 6.92 Å². The number of carbonyl (C=O) groups excluding carboxylic acids is 1. The number of hydrogen-bond acceptors (Lipinski definition) is 3. The van der Waals surface area contributed by atoms with Crippen LogP contribution in [0.15, 0.2) is 12.1 Å². The van der Waals surface area contributed by atoms with Crippen LogP contribution in [0.5, 0.6) is 0 Å². The van der Waals surface area contributed by atoms with Crippen molar-refractivity contribution in [1.29, 1.82) is 0 Å². The van der Waals surface area contributed by atoms with E-state index in [1.54, 1.807) is 6.07 Å². The van der Waals surface area contributed by atoms with E-state index in [-0.39, 0.29) is 0 Å². The van der Waals surface area contributed by atoms with Crippen molar-refractivity contribution in [2.75, 3.05) is 0 Å². The molecule has 0 unspecified atom stereocenters. The van der Waals surface area contributed by atoms with Crippen molar-refractivity contribution in [3.63, 3.8) is 0 Å². The molecule has 0 atom stereocenters. The average Bonchev–Trinajstić information content (AvgIpc) is 2.10. The third-order valence-electron chi connectivity index (χ3n) is 1.80. The van der Waals surface area contributed by atoms with Crippen molar-refractivity contribution in [2.45, 2.75) is 39.8 Å². The number of amides is 1. The fourth-order valence-electron chi connectivity index (χ4n) is 1.26. The van der Waals surface area contributed by atoms with Gasteiger partial charge in [-0.25, -0.2) is 9.78 Å². The fraction of sp³-hybridized carbons (Fsp3) is 0.500. The van der Waals surface area contributed by atoms with Gasteiger partial charge in [0.15, 0.2) is 0 Å². The van der Waals surface area contributed by atoms with Crippen LogP contribution in [0.2, 0.25) is 5.15 Å². The Bertz CT molecular complexity index is 393. The lowest BCUT2D eigenvalue weighted by molar-refractivity contribution is 0.0523. The van der Waals surface area contributed by atoms with Gasteiger partial charge in [-0.15, -0.1) is 0 Å². The number of halogens is 1. The highest BCUT2D eigenvalue weighted by molar-refractivity contribution is 6.29. The smallest absolute Gasteiger partial charge is 0.407 e. The summed E-state index contributed by atoms with van der Waals surface area (Å²) in [5, 5.41) is 3.05. The van der Waals surface area contributed by atoms with E-state index < -0.39 is 11.7 Å². The lowest BCUT2D eigenvalue weighted by Crippen LogP contribution is -2.32. The van der Waals surface area contributed by atoms with Crippen molar-refractivity contribution in [3.8, 4) is 0 Å². The van der Waals surface area contributed by atoms with E-state index in [0.29, 0.717) is 17.4 Å². The van der Waals surface area contributed by atoms with Gasteiger partial charge in [-0.05, 0) is 45.4 Å². The molecule has 0 radical (unpaired) electrons. The number of hydrogen-bond donors (Lipinski definition) is 1. The molecule has 1 rings (SSSR count). The fourth-order valence-corrected chi connectivity index (χ4v) is 1.54. The second-order valence-corrected chi connectivity index (χ2v) is 5.20. The van der Waals surface area contributed by atoms with Crippen LogP contribution in [0.25, 0.3) is 0 Å². The van der Waals surface area contributed by atoms with Gasteiger partial charge in [0.25, 0.3) is 0 Å². The molecule has 1 amide bonds. The second kappa shape index (κ2) is 5.36. The van der Waals surface area contributed by atoms with E-state index in [2.05, 4.69) is 10.3 Å². The van der Waals surface area contributed by atoms with Crippen molar-refractivity contribution < 1.29 is 9.53 Å². The molecule has 0 spiro atoms. The first-order chi connectivity index (χ1) is 7.76. The highest BCUT2D eigenvalue weighted by atomic mass is 35.5. The van der Waals surface area contributed by atoms with Gasteiger partial charge in [-0.2, -0.15) is 0 Å². The number of nitrogens with one attached hydrogen (secondary N) is 1. The summed E-state index contributed by atoms with van der Waals surface area (Å²) in [7, 11) is 0. The summed E-state index contributed by atoms with van der Waals surface area (Å²) in [6.45, 7) is 7.66. The van der Waals surface area contributed by atoms with Crippen LogP contribution in [-0.2, 0) is 11.3 Å². The normalized spacial score (nSPS) is 11.1. The largest absolute Gasteiger partial charge is 0.444 e. The van der Waals surface area contributed by atoms with Crippen LogP contribution < -0.4 is 5.32 Å². The zero-order valence-corrected chi connectivity index (χ0v) is 11.3. The third-order valence-corrected chi connectivity index (χ3v) is 2.00. The van der Waals surface area contributed by atoms with E-state index in [0.717, 1.165) is 5.56 Å². The number of pyridine rings is 1. The topological polar surface area (TPSA) is 51.2 Å². The molecule has 1 heterocycles. The quantitative estimate of drug-likeness (QED) is 0.828. The summed E-state index contributed by atoms with van der Waals surface area (Å²) < 4.78 is 5.11. The molecule has 0 fully saturated rings. The van der Waals surface area contributed by atoms with Gasteiger partial charge in [0.1, 0.15) is 10.8 Å². The molecule has 94 valence electrons. The summed E-state index contributed by atoms with van der Waals surface area (Å²) in [6.07, 6.45) is -0.461. The summed E-state index contributed by atoms with van der Waals surface area (Å²) >= 11 is 5.82. The number of rotatable bonds is 2. The van der Waals surface area contributed by atoms with Gasteiger partial charge < -0.3 is 10.1 Å². The Balaban J connectivity index is 2.53. The molecule has 0 bridgehead atoms. The highest BCUT2D eigenvalue weighted by Gasteiger charge is 2.15. The van der Waals surface area contributed by atoms with Gasteiger partial charge in [-0.1, -0.05) is 11.6 Å². The first-order valence-corrected chi connectivity index (χ1v) is 5.74. The molecular weight excluding hydrogens is 240 g/mol. The van der Waals surface area contributed by atoms with Crippen molar-refractivity contribution in [2.24, 2.45) is 0 Å². The standard InChI is InChI=1S/C12H17ClN2O2/c1-8-5-9(15-10(13)6-8)7-14-11(16)17-12(2,3)4/h5-6H,7H2,1-4H3,(H,14,16). The Morgan fingerprint density at radius 2 is 2.12 bits per heavy atom. The minimum absolute atomic E-state index is 0.302. The van der Waals surface area contributed by atoms with E-state index in [9.17, 15) is 4.79 Å². The average molecular weight is 257 g/mol. The molecule has 4 nitrogen and oxygen atoms in total. The molecule has 0 saturated heterocycles. The van der Waals surface area contributed by atoms with Gasteiger partial charge in [0.05, 0.1) is 12.2 Å². The van der Waals surface area contributed by atoms with E-state index in [1.807, 2.05) is 33.8 Å². The van der Waals surface area contributed by atoms with Crippen LogP contribution in [-0.4, -0.2) is 16.7 Å². The lowest BCUT2D eigenvalue weighted by atomic mass is 10.2. The minimum Gasteiger partial charge on any atom is -0.444 e. The Labute approximate surface area is 106 Å². The van der Waals surface area contributed by atoms with Crippen LogP contribution >= 0.6 is 11.6 Å². The Hall–Kier alpha value is -1.29. The van der Waals surface area contributed by atoms with Crippen LogP contribution in [0.4, 0.5) is 4.79 Å². The molecule has 5 heteroatoms. The van der Waals surface area contributed by atoms with Gasteiger partial charge in [0.2, 0.25) is 0 Å². The number of ether oxygens (including phenoxy) is 1. The molecule has 1 N–H and O–H groups in total. The molecule has 1 aromatic rings. The van der Waals surface area contributed by atoms with Gasteiger partial charge in [-0.3, -0.25) is 0 Å². The molecule has 17 heavy (non-hydrogen) atoms. The molecule has 0 aliphatic carbocycles. The first kappa shape index (κ1) is 13.8.